The van der Waals surface area contributed by atoms with Crippen molar-refractivity contribution in [2.45, 2.75) is 26.7 Å². The molecule has 1 aromatic carbocycles. The number of hydrogen-bond acceptors (Lipinski definition) is 3. The first-order valence-electron chi connectivity index (χ1n) is 6.40. The zero-order chi connectivity index (χ0) is 15.3. The Labute approximate surface area is 118 Å². The van der Waals surface area contributed by atoms with E-state index >= 15 is 0 Å². The Morgan fingerprint density at radius 2 is 2.00 bits per heavy atom. The lowest BCUT2D eigenvalue weighted by molar-refractivity contribution is -0.139. The minimum Gasteiger partial charge on any atom is -0.497 e. The lowest BCUT2D eigenvalue weighted by Gasteiger charge is -2.20. The van der Waals surface area contributed by atoms with E-state index < -0.39 is 17.3 Å². The van der Waals surface area contributed by atoms with Gasteiger partial charge in [-0.2, -0.15) is 0 Å². The van der Waals surface area contributed by atoms with Gasteiger partial charge < -0.3 is 15.2 Å². The number of amides is 1. The maximum Gasteiger partial charge on any atom is 0.312 e. The predicted molar refractivity (Wildman–Crippen MR) is 75.8 cm³/mol. The van der Waals surface area contributed by atoms with Crippen LogP contribution in [0.15, 0.2) is 24.3 Å². The third-order valence-electron chi connectivity index (χ3n) is 2.94. The van der Waals surface area contributed by atoms with Gasteiger partial charge in [-0.15, -0.1) is 0 Å². The number of methoxy groups -OCH3 is 1. The van der Waals surface area contributed by atoms with E-state index in [4.69, 9.17) is 4.74 Å². The first-order valence-corrected chi connectivity index (χ1v) is 6.40. The predicted octanol–water partition coefficient (Wildman–Crippen LogP) is 2.03. The summed E-state index contributed by atoms with van der Waals surface area (Å²) in [7, 11) is 1.52. The fourth-order valence-corrected chi connectivity index (χ4v) is 1.67. The molecule has 0 spiro atoms. The number of rotatable bonds is 5. The number of carboxylic acid groups (broad SMARTS) is 1. The van der Waals surface area contributed by atoms with Crippen molar-refractivity contribution in [2.75, 3.05) is 13.7 Å². The van der Waals surface area contributed by atoms with Gasteiger partial charge in [0.15, 0.2) is 0 Å². The van der Waals surface area contributed by atoms with Crippen LogP contribution in [0.25, 0.3) is 0 Å². The topological polar surface area (TPSA) is 75.6 Å². The fraction of sp³-hybridized carbons (Fsp3) is 0.467. The van der Waals surface area contributed by atoms with Gasteiger partial charge in [0.1, 0.15) is 5.75 Å². The maximum atomic E-state index is 11.8. The number of hydrogen-bond donors (Lipinski definition) is 2. The van der Waals surface area contributed by atoms with Crippen molar-refractivity contribution in [3.63, 3.8) is 0 Å². The van der Waals surface area contributed by atoms with Crippen LogP contribution >= 0.6 is 0 Å². The van der Waals surface area contributed by atoms with E-state index in [9.17, 15) is 14.7 Å². The molecule has 2 N–H and O–H groups in total. The summed E-state index contributed by atoms with van der Waals surface area (Å²) in [5.41, 5.74) is 0.0586. The molecule has 0 saturated carbocycles. The molecule has 1 atom stereocenters. The highest BCUT2D eigenvalue weighted by Crippen LogP contribution is 2.21. The van der Waals surface area contributed by atoms with Crippen molar-refractivity contribution < 1.29 is 19.4 Å². The summed E-state index contributed by atoms with van der Waals surface area (Å²) >= 11 is 0. The van der Waals surface area contributed by atoms with Crippen LogP contribution in [0.3, 0.4) is 0 Å². The largest absolute Gasteiger partial charge is 0.497 e. The van der Waals surface area contributed by atoms with Crippen LogP contribution < -0.4 is 10.1 Å². The highest BCUT2D eigenvalue weighted by Gasteiger charge is 2.25. The Kier molecular flexibility index (Phi) is 5.13. The van der Waals surface area contributed by atoms with Gasteiger partial charge in [-0.05, 0) is 17.7 Å². The van der Waals surface area contributed by atoms with E-state index in [2.05, 4.69) is 5.32 Å². The smallest absolute Gasteiger partial charge is 0.312 e. The van der Waals surface area contributed by atoms with Gasteiger partial charge in [-0.3, -0.25) is 9.59 Å². The molecular weight excluding hydrogens is 258 g/mol. The molecule has 0 aliphatic heterocycles. The van der Waals surface area contributed by atoms with Crippen molar-refractivity contribution in [3.8, 4) is 5.75 Å². The van der Waals surface area contributed by atoms with Crippen LogP contribution in [-0.2, 0) is 9.59 Å². The van der Waals surface area contributed by atoms with E-state index in [0.717, 1.165) is 0 Å². The normalized spacial score (nSPS) is 12.6. The zero-order valence-corrected chi connectivity index (χ0v) is 12.3. The van der Waals surface area contributed by atoms with Crippen LogP contribution in [0.5, 0.6) is 5.75 Å². The number of carbonyl (C=O) groups excluding carboxylic acids is 1. The van der Waals surface area contributed by atoms with Crippen molar-refractivity contribution in [2.24, 2.45) is 5.41 Å². The molecule has 0 aromatic heterocycles. The monoisotopic (exact) mass is 279 g/mol. The molecule has 0 saturated heterocycles. The van der Waals surface area contributed by atoms with E-state index in [0.29, 0.717) is 11.3 Å². The SMILES string of the molecule is COc1cccc([C@@H](CNC(=O)C(C)(C)C)C(=O)O)c1. The number of aliphatic carboxylic acids is 1. The van der Waals surface area contributed by atoms with Gasteiger partial charge in [-0.1, -0.05) is 32.9 Å². The molecule has 0 unspecified atom stereocenters. The number of carbonyl (C=O) groups is 2. The number of carboxylic acids is 1. The van der Waals surface area contributed by atoms with Gasteiger partial charge in [0.25, 0.3) is 0 Å². The Morgan fingerprint density at radius 1 is 1.35 bits per heavy atom. The van der Waals surface area contributed by atoms with Crippen molar-refractivity contribution in [1.82, 2.24) is 5.32 Å². The van der Waals surface area contributed by atoms with Crippen LogP contribution in [-0.4, -0.2) is 30.6 Å². The number of nitrogens with one attached hydrogen (secondary N) is 1. The number of ether oxygens (including phenoxy) is 1. The van der Waals surface area contributed by atoms with Crippen molar-refractivity contribution in [3.05, 3.63) is 29.8 Å². The van der Waals surface area contributed by atoms with Gasteiger partial charge in [0.2, 0.25) is 5.91 Å². The molecule has 5 nitrogen and oxygen atoms in total. The molecule has 0 bridgehead atoms. The molecule has 1 rings (SSSR count). The summed E-state index contributed by atoms with van der Waals surface area (Å²) in [6, 6.07) is 6.86. The second kappa shape index (κ2) is 6.41. The minimum atomic E-state index is -0.979. The summed E-state index contributed by atoms with van der Waals surface area (Å²) in [6.07, 6.45) is 0. The molecule has 0 aliphatic rings. The van der Waals surface area contributed by atoms with E-state index in [1.54, 1.807) is 45.0 Å². The quantitative estimate of drug-likeness (QED) is 0.864. The molecule has 5 heteroatoms. The molecule has 0 radical (unpaired) electrons. The van der Waals surface area contributed by atoms with Crippen molar-refractivity contribution in [1.29, 1.82) is 0 Å². The average molecular weight is 279 g/mol. The maximum absolute atomic E-state index is 11.8. The summed E-state index contributed by atoms with van der Waals surface area (Å²) in [4.78, 5) is 23.2. The van der Waals surface area contributed by atoms with Crippen LogP contribution in [0.2, 0.25) is 0 Å². The summed E-state index contributed by atoms with van der Waals surface area (Å²) < 4.78 is 5.08. The fourth-order valence-electron chi connectivity index (χ4n) is 1.67. The van der Waals surface area contributed by atoms with E-state index in [-0.39, 0.29) is 12.5 Å². The Balaban J connectivity index is 2.85. The molecule has 0 heterocycles. The molecule has 1 amide bonds. The highest BCUT2D eigenvalue weighted by molar-refractivity contribution is 5.83. The highest BCUT2D eigenvalue weighted by atomic mass is 16.5. The summed E-state index contributed by atoms with van der Waals surface area (Å²) in [5, 5.41) is 12.0. The number of benzene rings is 1. The average Bonchev–Trinajstić information content (AvgIpc) is 2.37. The summed E-state index contributed by atoms with van der Waals surface area (Å²) in [6.45, 7) is 5.40. The lowest BCUT2D eigenvalue weighted by Crippen LogP contribution is -2.38. The minimum absolute atomic E-state index is 0.0542. The van der Waals surface area contributed by atoms with Crippen molar-refractivity contribution >= 4 is 11.9 Å². The molecule has 1 aromatic rings. The molecular formula is C15H21NO4. The molecule has 0 aliphatic carbocycles. The van der Waals surface area contributed by atoms with Crippen LogP contribution in [0.4, 0.5) is 0 Å². The van der Waals surface area contributed by atoms with Gasteiger partial charge in [-0.25, -0.2) is 0 Å². The van der Waals surface area contributed by atoms with Gasteiger partial charge in [0.05, 0.1) is 13.0 Å². The van der Waals surface area contributed by atoms with E-state index in [1.807, 2.05) is 0 Å². The molecule has 110 valence electrons. The van der Waals surface area contributed by atoms with Crippen LogP contribution in [0, 0.1) is 5.41 Å². The van der Waals surface area contributed by atoms with Gasteiger partial charge >= 0.3 is 5.97 Å². The van der Waals surface area contributed by atoms with Gasteiger partial charge in [0, 0.05) is 12.0 Å². The molecule has 0 fully saturated rings. The summed E-state index contributed by atoms with van der Waals surface area (Å²) in [5.74, 6) is -1.36. The second-order valence-corrected chi connectivity index (χ2v) is 5.63. The first kappa shape index (κ1) is 16.0. The van der Waals surface area contributed by atoms with E-state index in [1.165, 1.54) is 7.11 Å². The first-order chi connectivity index (χ1) is 9.25. The third kappa shape index (κ3) is 4.26. The standard InChI is InChI=1S/C15H21NO4/c1-15(2,3)14(19)16-9-12(13(17)18)10-6-5-7-11(8-10)20-4/h5-8,12H,9H2,1-4H3,(H,16,19)(H,17,18)/t12-/m1/s1. The Hall–Kier alpha value is -2.04. The van der Waals surface area contributed by atoms with Crippen LogP contribution in [0.1, 0.15) is 32.3 Å². The second-order valence-electron chi connectivity index (χ2n) is 5.63. The molecule has 20 heavy (non-hydrogen) atoms. The third-order valence-corrected chi connectivity index (χ3v) is 2.94. The Bertz CT molecular complexity index is 491. The lowest BCUT2D eigenvalue weighted by atomic mass is 9.94. The zero-order valence-electron chi connectivity index (χ0n) is 12.3. The Morgan fingerprint density at radius 3 is 2.50 bits per heavy atom.